The number of hydrogen-bond acceptors (Lipinski definition) is 5. The van der Waals surface area contributed by atoms with Gasteiger partial charge in [-0.05, 0) is 31.0 Å². The van der Waals surface area contributed by atoms with Crippen molar-refractivity contribution in [2.75, 3.05) is 19.6 Å². The van der Waals surface area contributed by atoms with Crippen LogP contribution in [0, 0.1) is 11.3 Å². The summed E-state index contributed by atoms with van der Waals surface area (Å²) in [6.45, 7) is 1.77. The molecule has 2 heterocycles. The molecule has 1 saturated carbocycles. The van der Waals surface area contributed by atoms with Crippen molar-refractivity contribution in [3.63, 3.8) is 0 Å². The average molecular weight is 337 g/mol. The van der Waals surface area contributed by atoms with Crippen LogP contribution in [0.25, 0.3) is 0 Å². The Morgan fingerprint density at radius 3 is 2.68 bits per heavy atom. The second-order valence-electron chi connectivity index (χ2n) is 6.40. The molecule has 25 heavy (non-hydrogen) atoms. The maximum Gasteiger partial charge on any atom is 0.290 e. The van der Waals surface area contributed by atoms with Gasteiger partial charge in [-0.3, -0.25) is 9.69 Å². The first kappa shape index (κ1) is 15.7. The first-order valence-electron chi connectivity index (χ1n) is 8.52. The van der Waals surface area contributed by atoms with Crippen LogP contribution in [0.3, 0.4) is 0 Å². The average Bonchev–Trinajstić information content (AvgIpc) is 3.40. The third-order valence-electron chi connectivity index (χ3n) is 4.63. The molecule has 2 aromatic rings. The van der Waals surface area contributed by atoms with Crippen molar-refractivity contribution in [3.05, 3.63) is 48.2 Å². The highest BCUT2D eigenvalue weighted by Crippen LogP contribution is 2.31. The van der Waals surface area contributed by atoms with Gasteiger partial charge in [-0.15, -0.1) is 0 Å². The second-order valence-corrected chi connectivity index (χ2v) is 6.40. The predicted molar refractivity (Wildman–Crippen MR) is 90.3 cm³/mol. The molecule has 1 aliphatic carbocycles. The van der Waals surface area contributed by atoms with Crippen LogP contribution >= 0.6 is 0 Å². The van der Waals surface area contributed by atoms with Crippen LogP contribution < -0.4 is 4.74 Å². The molecule has 0 spiro atoms. The van der Waals surface area contributed by atoms with Crippen LogP contribution in [-0.2, 0) is 0 Å². The fourth-order valence-electron chi connectivity index (χ4n) is 3.19. The zero-order chi connectivity index (χ0) is 17.2. The molecular weight excluding hydrogens is 318 g/mol. The summed E-state index contributed by atoms with van der Waals surface area (Å²) in [5.41, 5.74) is 0. The van der Waals surface area contributed by atoms with Crippen molar-refractivity contribution >= 4 is 5.91 Å². The van der Waals surface area contributed by atoms with Crippen molar-refractivity contribution in [1.82, 2.24) is 9.80 Å². The van der Waals surface area contributed by atoms with E-state index in [2.05, 4.69) is 11.0 Å². The lowest BCUT2D eigenvalue weighted by atomic mass is 10.1. The fraction of sp³-hybridized carbons (Fsp3) is 0.368. The number of hydrogen-bond donors (Lipinski definition) is 0. The normalized spacial score (nSPS) is 20.9. The van der Waals surface area contributed by atoms with E-state index >= 15 is 0 Å². The molecule has 0 radical (unpaired) electrons. The van der Waals surface area contributed by atoms with Crippen molar-refractivity contribution in [3.8, 4) is 17.8 Å². The molecule has 1 aromatic carbocycles. The summed E-state index contributed by atoms with van der Waals surface area (Å²) < 4.78 is 11.1. The van der Waals surface area contributed by atoms with Gasteiger partial charge in [-0.25, -0.2) is 0 Å². The van der Waals surface area contributed by atoms with Gasteiger partial charge in [0.25, 0.3) is 11.9 Å². The number of carbonyl (C=O) groups excluding carboxylic acids is 1. The van der Waals surface area contributed by atoms with Gasteiger partial charge in [0.2, 0.25) is 0 Å². The second kappa shape index (κ2) is 6.61. The fourth-order valence-corrected chi connectivity index (χ4v) is 3.19. The predicted octanol–water partition coefficient (Wildman–Crippen LogP) is 2.88. The van der Waals surface area contributed by atoms with Crippen LogP contribution in [0.15, 0.2) is 46.9 Å². The number of para-hydroxylation sites is 1. The maximum atomic E-state index is 12.7. The van der Waals surface area contributed by atoms with E-state index in [0.29, 0.717) is 24.9 Å². The Bertz CT molecular complexity index is 792. The smallest absolute Gasteiger partial charge is 0.290 e. The highest BCUT2D eigenvalue weighted by atomic mass is 16.6. The molecule has 2 fully saturated rings. The van der Waals surface area contributed by atoms with E-state index in [1.165, 1.54) is 0 Å². The molecule has 6 nitrogen and oxygen atoms in total. The van der Waals surface area contributed by atoms with Crippen LogP contribution in [0.2, 0.25) is 0 Å². The van der Waals surface area contributed by atoms with Crippen LogP contribution in [0.4, 0.5) is 0 Å². The Labute approximate surface area is 146 Å². The number of amides is 1. The van der Waals surface area contributed by atoms with Crippen LogP contribution in [-0.4, -0.2) is 47.4 Å². The van der Waals surface area contributed by atoms with E-state index in [-0.39, 0.29) is 23.7 Å². The van der Waals surface area contributed by atoms with E-state index in [1.54, 1.807) is 17.0 Å². The minimum absolute atomic E-state index is 0.196. The number of carbonyl (C=O) groups is 1. The van der Waals surface area contributed by atoms with Gasteiger partial charge < -0.3 is 14.1 Å². The SMILES string of the molecule is N#C[C@@H]1CN(C(=O)c2ccc(Oc3ccccc3)o2)CCN1C1CC1. The first-order valence-corrected chi connectivity index (χ1v) is 8.52. The van der Waals surface area contributed by atoms with Gasteiger partial charge in [0.15, 0.2) is 5.76 Å². The van der Waals surface area contributed by atoms with Crippen molar-refractivity contribution in [2.45, 2.75) is 24.9 Å². The summed E-state index contributed by atoms with van der Waals surface area (Å²) in [4.78, 5) is 16.6. The van der Waals surface area contributed by atoms with E-state index in [4.69, 9.17) is 9.15 Å². The molecule has 1 atom stereocenters. The molecule has 1 saturated heterocycles. The number of furan rings is 1. The molecule has 0 N–H and O–H groups in total. The minimum atomic E-state index is -0.236. The van der Waals surface area contributed by atoms with Gasteiger partial charge in [-0.2, -0.15) is 5.26 Å². The first-order chi connectivity index (χ1) is 12.2. The Balaban J connectivity index is 1.42. The highest BCUT2D eigenvalue weighted by molar-refractivity contribution is 5.91. The van der Waals surface area contributed by atoms with Crippen molar-refractivity contribution in [2.24, 2.45) is 0 Å². The molecule has 6 heteroatoms. The zero-order valence-electron chi connectivity index (χ0n) is 13.8. The Hall–Kier alpha value is -2.78. The number of nitrogens with zero attached hydrogens (tertiary/aromatic N) is 3. The third kappa shape index (κ3) is 3.37. The number of nitriles is 1. The summed E-state index contributed by atoms with van der Waals surface area (Å²) in [5.74, 6) is 0.975. The van der Waals surface area contributed by atoms with E-state index in [1.807, 2.05) is 30.3 Å². The molecule has 1 aliphatic heterocycles. The minimum Gasteiger partial charge on any atom is -0.426 e. The van der Waals surface area contributed by atoms with Crippen molar-refractivity contribution in [1.29, 1.82) is 5.26 Å². The summed E-state index contributed by atoms with van der Waals surface area (Å²) >= 11 is 0. The van der Waals surface area contributed by atoms with E-state index in [0.717, 1.165) is 19.4 Å². The van der Waals surface area contributed by atoms with E-state index < -0.39 is 0 Å². The molecule has 2 aliphatic rings. The summed E-state index contributed by atoms with van der Waals surface area (Å²) in [6, 6.07) is 15.1. The molecular formula is C19H19N3O3. The lowest BCUT2D eigenvalue weighted by molar-refractivity contribution is 0.0518. The molecule has 0 bridgehead atoms. The summed E-state index contributed by atoms with van der Waals surface area (Å²) in [6.07, 6.45) is 2.31. The number of benzene rings is 1. The molecule has 0 unspecified atom stereocenters. The summed E-state index contributed by atoms with van der Waals surface area (Å²) in [7, 11) is 0. The number of rotatable bonds is 4. The quantitative estimate of drug-likeness (QED) is 0.858. The number of ether oxygens (including phenoxy) is 1. The zero-order valence-corrected chi connectivity index (χ0v) is 13.8. The molecule has 1 aromatic heterocycles. The maximum absolute atomic E-state index is 12.7. The Kier molecular flexibility index (Phi) is 4.16. The van der Waals surface area contributed by atoms with Crippen molar-refractivity contribution < 1.29 is 13.9 Å². The third-order valence-corrected chi connectivity index (χ3v) is 4.63. The molecule has 4 rings (SSSR count). The largest absolute Gasteiger partial charge is 0.426 e. The lowest BCUT2D eigenvalue weighted by Gasteiger charge is -2.38. The van der Waals surface area contributed by atoms with E-state index in [9.17, 15) is 10.1 Å². The van der Waals surface area contributed by atoms with Gasteiger partial charge in [-0.1, -0.05) is 18.2 Å². The topological polar surface area (TPSA) is 69.7 Å². The van der Waals surface area contributed by atoms with Gasteiger partial charge >= 0.3 is 0 Å². The van der Waals surface area contributed by atoms with Gasteiger partial charge in [0, 0.05) is 25.2 Å². The summed E-state index contributed by atoms with van der Waals surface area (Å²) in [5, 5.41) is 9.40. The lowest BCUT2D eigenvalue weighted by Crippen LogP contribution is -2.54. The van der Waals surface area contributed by atoms with Gasteiger partial charge in [0.05, 0.1) is 12.6 Å². The standard InChI is InChI=1S/C19H19N3O3/c20-12-15-13-21(10-11-22(15)14-6-7-14)19(23)17-8-9-18(25-17)24-16-4-2-1-3-5-16/h1-5,8-9,14-15H,6-7,10-11,13H2/t15-/m1/s1. The molecule has 1 amide bonds. The Morgan fingerprint density at radius 2 is 1.96 bits per heavy atom. The molecule has 128 valence electrons. The van der Waals surface area contributed by atoms with Crippen LogP contribution in [0.5, 0.6) is 11.7 Å². The monoisotopic (exact) mass is 337 g/mol. The Morgan fingerprint density at radius 1 is 1.16 bits per heavy atom. The highest BCUT2D eigenvalue weighted by Gasteiger charge is 2.39. The van der Waals surface area contributed by atoms with Crippen LogP contribution in [0.1, 0.15) is 23.4 Å². The van der Waals surface area contributed by atoms with Gasteiger partial charge in [0.1, 0.15) is 11.8 Å². The number of piperazine rings is 1.